The first-order valence-electron chi connectivity index (χ1n) is 10.9. The summed E-state index contributed by atoms with van der Waals surface area (Å²) in [6.45, 7) is 2.24. The van der Waals surface area contributed by atoms with Crippen molar-refractivity contribution in [3.63, 3.8) is 0 Å². The molecule has 0 heterocycles. The molecule has 1 heteroatoms. The Labute approximate surface area is 165 Å². The zero-order valence-corrected chi connectivity index (χ0v) is 16.8. The minimum atomic E-state index is 0.842. The highest BCUT2D eigenvalue weighted by atomic mass is 16.1. The molecular weight excluding hydrogens is 328 g/mol. The van der Waals surface area contributed by atoms with Crippen LogP contribution in [0.3, 0.4) is 0 Å². The molecule has 27 heavy (non-hydrogen) atoms. The maximum Gasteiger partial charge on any atom is 0.150 e. The van der Waals surface area contributed by atoms with Crippen molar-refractivity contribution in [3.05, 3.63) is 70.8 Å². The van der Waals surface area contributed by atoms with Crippen LogP contribution in [0, 0.1) is 11.8 Å². The number of hydrogen-bond donors (Lipinski definition) is 0. The minimum Gasteiger partial charge on any atom is -0.298 e. The summed E-state index contributed by atoms with van der Waals surface area (Å²) in [6.07, 6.45) is 13.8. The molecule has 1 nitrogen and oxygen atoms in total. The predicted octanol–water partition coefficient (Wildman–Crippen LogP) is 6.82. The molecule has 1 aliphatic rings. The predicted molar refractivity (Wildman–Crippen MR) is 114 cm³/mol. The van der Waals surface area contributed by atoms with E-state index in [9.17, 15) is 4.79 Å². The lowest BCUT2D eigenvalue weighted by Crippen LogP contribution is -2.16. The molecule has 0 bridgehead atoms. The third kappa shape index (κ3) is 6.06. The molecule has 0 spiro atoms. The van der Waals surface area contributed by atoms with Crippen molar-refractivity contribution >= 4 is 6.29 Å². The molecule has 1 aliphatic carbocycles. The van der Waals surface area contributed by atoms with Gasteiger partial charge in [0.2, 0.25) is 0 Å². The van der Waals surface area contributed by atoms with Gasteiger partial charge in [-0.05, 0) is 60.6 Å². The van der Waals surface area contributed by atoms with Gasteiger partial charge in [0, 0.05) is 5.56 Å². The summed E-state index contributed by atoms with van der Waals surface area (Å²) in [5, 5.41) is 0. The van der Waals surface area contributed by atoms with E-state index in [1.807, 2.05) is 18.2 Å². The molecule has 0 aromatic heterocycles. The van der Waals surface area contributed by atoms with Crippen LogP contribution in [0.5, 0.6) is 0 Å². The summed E-state index contributed by atoms with van der Waals surface area (Å²) in [5.74, 6) is 1.74. The average molecular weight is 363 g/mol. The molecule has 0 radical (unpaired) electrons. The van der Waals surface area contributed by atoms with Crippen molar-refractivity contribution in [1.29, 1.82) is 0 Å². The van der Waals surface area contributed by atoms with Crippen molar-refractivity contribution in [2.75, 3.05) is 0 Å². The van der Waals surface area contributed by atoms with E-state index in [4.69, 9.17) is 0 Å². The van der Waals surface area contributed by atoms with Crippen molar-refractivity contribution in [1.82, 2.24) is 0 Å². The van der Waals surface area contributed by atoms with E-state index in [1.165, 1.54) is 74.5 Å². The topological polar surface area (TPSA) is 17.1 Å². The van der Waals surface area contributed by atoms with Gasteiger partial charge in [0.15, 0.2) is 0 Å². The molecular formula is C26H34O. The molecule has 0 atom stereocenters. The van der Waals surface area contributed by atoms with Crippen LogP contribution < -0.4 is 0 Å². The van der Waals surface area contributed by atoms with Gasteiger partial charge in [0.1, 0.15) is 6.29 Å². The SMILES string of the molecule is CCCc1ccc(CCC2CCC(CCc3ccccc3C=O)CC2)cc1. The number of aldehydes is 1. The van der Waals surface area contributed by atoms with Gasteiger partial charge in [-0.25, -0.2) is 0 Å². The summed E-state index contributed by atoms with van der Waals surface area (Å²) in [6, 6.07) is 17.3. The number of rotatable bonds is 9. The van der Waals surface area contributed by atoms with Crippen molar-refractivity contribution in [2.45, 2.75) is 71.1 Å². The molecule has 1 fully saturated rings. The Morgan fingerprint density at radius 2 is 1.33 bits per heavy atom. The van der Waals surface area contributed by atoms with Crippen LogP contribution in [0.15, 0.2) is 48.5 Å². The molecule has 0 unspecified atom stereocenters. The van der Waals surface area contributed by atoms with Gasteiger partial charge >= 0.3 is 0 Å². The average Bonchev–Trinajstić information content (AvgIpc) is 2.73. The third-order valence-electron chi connectivity index (χ3n) is 6.37. The zero-order valence-electron chi connectivity index (χ0n) is 16.8. The lowest BCUT2D eigenvalue weighted by Gasteiger charge is -2.28. The standard InChI is InChI=1S/C26H34O/c1-2-5-21-8-10-22(11-9-21)12-13-23-14-16-24(17-15-23)18-19-25-6-3-4-7-26(25)20-27/h3-4,6-11,20,23-24H,2,5,12-19H2,1H3. The van der Waals surface area contributed by atoms with E-state index in [0.29, 0.717) is 0 Å². The lowest BCUT2D eigenvalue weighted by atomic mass is 9.77. The summed E-state index contributed by atoms with van der Waals surface area (Å²) in [4.78, 5) is 11.2. The van der Waals surface area contributed by atoms with Gasteiger partial charge in [-0.3, -0.25) is 4.79 Å². The lowest BCUT2D eigenvalue weighted by molar-refractivity contribution is 0.112. The second-order valence-electron chi connectivity index (χ2n) is 8.35. The van der Waals surface area contributed by atoms with Crippen molar-refractivity contribution in [2.24, 2.45) is 11.8 Å². The maximum atomic E-state index is 11.2. The Morgan fingerprint density at radius 3 is 1.93 bits per heavy atom. The Hall–Kier alpha value is -1.89. The van der Waals surface area contributed by atoms with Gasteiger partial charge in [-0.2, -0.15) is 0 Å². The molecule has 2 aromatic rings. The fraction of sp³-hybridized carbons (Fsp3) is 0.500. The van der Waals surface area contributed by atoms with Crippen molar-refractivity contribution in [3.8, 4) is 0 Å². The van der Waals surface area contributed by atoms with E-state index in [0.717, 1.165) is 30.1 Å². The Morgan fingerprint density at radius 1 is 0.778 bits per heavy atom. The number of carbonyl (C=O) groups is 1. The van der Waals surface area contributed by atoms with E-state index >= 15 is 0 Å². The molecule has 3 rings (SSSR count). The Bertz CT molecular complexity index is 692. The monoisotopic (exact) mass is 362 g/mol. The fourth-order valence-corrected chi connectivity index (χ4v) is 4.58. The van der Waals surface area contributed by atoms with Crippen molar-refractivity contribution < 1.29 is 4.79 Å². The molecule has 0 N–H and O–H groups in total. The molecule has 0 saturated heterocycles. The van der Waals surface area contributed by atoms with Crippen LogP contribution in [0.2, 0.25) is 0 Å². The Kier molecular flexibility index (Phi) is 7.68. The second kappa shape index (κ2) is 10.4. The minimum absolute atomic E-state index is 0.842. The van der Waals surface area contributed by atoms with Crippen LogP contribution in [0.4, 0.5) is 0 Å². The first-order valence-corrected chi connectivity index (χ1v) is 10.9. The zero-order chi connectivity index (χ0) is 18.9. The van der Waals surface area contributed by atoms with E-state index in [-0.39, 0.29) is 0 Å². The quantitative estimate of drug-likeness (QED) is 0.447. The largest absolute Gasteiger partial charge is 0.298 e. The number of carbonyl (C=O) groups excluding carboxylic acids is 1. The smallest absolute Gasteiger partial charge is 0.150 e. The molecule has 144 valence electrons. The Balaban J connectivity index is 1.38. The van der Waals surface area contributed by atoms with Crippen LogP contribution >= 0.6 is 0 Å². The van der Waals surface area contributed by atoms with Gasteiger partial charge in [-0.1, -0.05) is 87.6 Å². The summed E-state index contributed by atoms with van der Waals surface area (Å²) >= 11 is 0. The van der Waals surface area contributed by atoms with Crippen LogP contribution in [0.1, 0.15) is 78.9 Å². The van der Waals surface area contributed by atoms with E-state index in [2.05, 4.69) is 37.3 Å². The number of benzene rings is 2. The summed E-state index contributed by atoms with van der Waals surface area (Å²) in [5.41, 5.74) is 5.07. The maximum absolute atomic E-state index is 11.2. The van der Waals surface area contributed by atoms with E-state index < -0.39 is 0 Å². The molecule has 0 aliphatic heterocycles. The van der Waals surface area contributed by atoms with Gasteiger partial charge < -0.3 is 0 Å². The van der Waals surface area contributed by atoms with Gasteiger partial charge in [0.05, 0.1) is 0 Å². The number of hydrogen-bond acceptors (Lipinski definition) is 1. The van der Waals surface area contributed by atoms with Crippen LogP contribution in [0.25, 0.3) is 0 Å². The normalized spacial score (nSPS) is 19.7. The number of aryl methyl sites for hydroxylation is 3. The molecule has 0 amide bonds. The third-order valence-corrected chi connectivity index (χ3v) is 6.37. The highest BCUT2D eigenvalue weighted by Crippen LogP contribution is 2.34. The first kappa shape index (κ1) is 19.9. The van der Waals surface area contributed by atoms with Crippen LogP contribution in [-0.4, -0.2) is 6.29 Å². The highest BCUT2D eigenvalue weighted by molar-refractivity contribution is 5.77. The van der Waals surface area contributed by atoms with E-state index in [1.54, 1.807) is 0 Å². The summed E-state index contributed by atoms with van der Waals surface area (Å²) < 4.78 is 0. The van der Waals surface area contributed by atoms with Gasteiger partial charge in [-0.15, -0.1) is 0 Å². The second-order valence-corrected chi connectivity index (χ2v) is 8.35. The molecule has 2 aromatic carbocycles. The first-order chi connectivity index (χ1) is 13.3. The highest BCUT2D eigenvalue weighted by Gasteiger charge is 2.21. The van der Waals surface area contributed by atoms with Gasteiger partial charge in [0.25, 0.3) is 0 Å². The summed E-state index contributed by atoms with van der Waals surface area (Å²) in [7, 11) is 0. The van der Waals surface area contributed by atoms with Crippen LogP contribution in [-0.2, 0) is 19.3 Å². The molecule has 1 saturated carbocycles. The fourth-order valence-electron chi connectivity index (χ4n) is 4.58.